The molecule has 1 aliphatic carbocycles. The van der Waals surface area contributed by atoms with E-state index in [-0.39, 0.29) is 31.1 Å². The molecule has 1 aromatic heterocycles. The van der Waals surface area contributed by atoms with Crippen molar-refractivity contribution in [3.8, 4) is 0 Å². The molecule has 0 spiro atoms. The monoisotopic (exact) mass is 434 g/mol. The van der Waals surface area contributed by atoms with Crippen LogP contribution in [0.3, 0.4) is 0 Å². The first-order chi connectivity index (χ1) is 13.8. The summed E-state index contributed by atoms with van der Waals surface area (Å²) in [5.74, 6) is -0.937. The number of halogens is 1. The summed E-state index contributed by atoms with van der Waals surface area (Å²) < 4.78 is 0. The maximum absolute atomic E-state index is 13.1. The van der Waals surface area contributed by atoms with E-state index in [1.54, 1.807) is 24.3 Å². The van der Waals surface area contributed by atoms with E-state index < -0.39 is 5.97 Å². The number of nitrogens with one attached hydrogen (secondary N) is 2. The Morgan fingerprint density at radius 1 is 1.17 bits per heavy atom. The van der Waals surface area contributed by atoms with Gasteiger partial charge in [0.25, 0.3) is 5.91 Å². The number of carboxylic acid groups (broad SMARTS) is 1. The molecule has 3 rings (SSSR count). The van der Waals surface area contributed by atoms with Crippen LogP contribution in [-0.2, 0) is 22.4 Å². The molecule has 6 nitrogen and oxygen atoms in total. The van der Waals surface area contributed by atoms with Crippen molar-refractivity contribution in [3.63, 3.8) is 0 Å². The zero-order valence-corrected chi connectivity index (χ0v) is 17.7. The summed E-state index contributed by atoms with van der Waals surface area (Å²) in [6.45, 7) is 2.18. The fraction of sp³-hybridized carbons (Fsp3) is 0.381. The van der Waals surface area contributed by atoms with Crippen LogP contribution in [0.5, 0.6) is 0 Å². The van der Waals surface area contributed by atoms with Crippen LogP contribution in [0.4, 0.5) is 10.7 Å². The lowest BCUT2D eigenvalue weighted by atomic mass is 9.88. The number of carbonyl (C=O) groups is 3. The molecule has 1 aliphatic rings. The minimum Gasteiger partial charge on any atom is -0.481 e. The highest BCUT2D eigenvalue weighted by atomic mass is 35.5. The van der Waals surface area contributed by atoms with Crippen molar-refractivity contribution in [1.82, 2.24) is 0 Å². The van der Waals surface area contributed by atoms with Crippen LogP contribution < -0.4 is 10.6 Å². The van der Waals surface area contributed by atoms with E-state index in [0.29, 0.717) is 27.2 Å². The van der Waals surface area contributed by atoms with E-state index in [2.05, 4.69) is 17.6 Å². The highest BCUT2D eigenvalue weighted by molar-refractivity contribution is 7.17. The lowest BCUT2D eigenvalue weighted by Gasteiger charge is -2.18. The van der Waals surface area contributed by atoms with E-state index >= 15 is 0 Å². The summed E-state index contributed by atoms with van der Waals surface area (Å²) in [5, 5.41) is 15.6. The molecule has 1 heterocycles. The summed E-state index contributed by atoms with van der Waals surface area (Å²) in [5.41, 5.74) is 2.14. The van der Waals surface area contributed by atoms with Crippen molar-refractivity contribution in [2.45, 2.75) is 45.4 Å². The SMILES string of the molecule is C[C@@H]1CCc2c(sc(NC(=O)CCCC(=O)O)c2C(=O)Nc2ccc(Cl)cc2)C1. The molecule has 3 N–H and O–H groups in total. The number of anilines is 2. The van der Waals surface area contributed by atoms with Crippen LogP contribution >= 0.6 is 22.9 Å². The summed E-state index contributed by atoms with van der Waals surface area (Å²) in [4.78, 5) is 37.1. The van der Waals surface area contributed by atoms with Gasteiger partial charge in [0.05, 0.1) is 5.56 Å². The third-order valence-electron chi connectivity index (χ3n) is 4.89. The highest BCUT2D eigenvalue weighted by Gasteiger charge is 2.28. The van der Waals surface area contributed by atoms with Gasteiger partial charge in [-0.1, -0.05) is 18.5 Å². The molecule has 1 atom stereocenters. The topological polar surface area (TPSA) is 95.5 Å². The molecule has 0 radical (unpaired) electrons. The van der Waals surface area contributed by atoms with Gasteiger partial charge in [-0.2, -0.15) is 0 Å². The molecule has 0 saturated carbocycles. The predicted molar refractivity (Wildman–Crippen MR) is 115 cm³/mol. The minimum absolute atomic E-state index is 0.0597. The smallest absolute Gasteiger partial charge is 0.303 e. The Bertz CT molecular complexity index is 924. The van der Waals surface area contributed by atoms with Crippen LogP contribution in [0.1, 0.15) is 53.4 Å². The molecule has 2 amide bonds. The van der Waals surface area contributed by atoms with Gasteiger partial charge in [0, 0.05) is 28.4 Å². The van der Waals surface area contributed by atoms with Gasteiger partial charge in [0.2, 0.25) is 5.91 Å². The van der Waals surface area contributed by atoms with Gasteiger partial charge >= 0.3 is 5.97 Å². The molecule has 0 aliphatic heterocycles. The first kappa shape index (κ1) is 21.3. The number of benzene rings is 1. The zero-order valence-electron chi connectivity index (χ0n) is 16.1. The number of carboxylic acids is 1. The molecule has 1 aromatic carbocycles. The summed E-state index contributed by atoms with van der Waals surface area (Å²) in [6, 6.07) is 6.86. The van der Waals surface area contributed by atoms with Crippen molar-refractivity contribution in [1.29, 1.82) is 0 Å². The van der Waals surface area contributed by atoms with Gasteiger partial charge in [-0.25, -0.2) is 0 Å². The Hall–Kier alpha value is -2.38. The lowest BCUT2D eigenvalue weighted by Crippen LogP contribution is -2.19. The van der Waals surface area contributed by atoms with E-state index in [0.717, 1.165) is 29.7 Å². The summed E-state index contributed by atoms with van der Waals surface area (Å²) >= 11 is 7.35. The zero-order chi connectivity index (χ0) is 21.0. The molecule has 0 unspecified atom stereocenters. The van der Waals surface area contributed by atoms with Crippen molar-refractivity contribution in [2.24, 2.45) is 5.92 Å². The number of aliphatic carboxylic acids is 1. The third kappa shape index (κ3) is 5.58. The van der Waals surface area contributed by atoms with Crippen LogP contribution in [0.25, 0.3) is 0 Å². The van der Waals surface area contributed by atoms with Crippen LogP contribution in [-0.4, -0.2) is 22.9 Å². The number of amides is 2. The van der Waals surface area contributed by atoms with Gasteiger partial charge in [0.1, 0.15) is 5.00 Å². The van der Waals surface area contributed by atoms with Gasteiger partial charge in [-0.05, 0) is 61.4 Å². The highest BCUT2D eigenvalue weighted by Crippen LogP contribution is 2.40. The Balaban J connectivity index is 1.81. The number of hydrogen-bond donors (Lipinski definition) is 3. The van der Waals surface area contributed by atoms with Crippen molar-refractivity contribution in [3.05, 3.63) is 45.3 Å². The normalized spacial score (nSPS) is 15.4. The second-order valence-corrected chi connectivity index (χ2v) is 8.85. The number of hydrogen-bond acceptors (Lipinski definition) is 4. The van der Waals surface area contributed by atoms with Crippen molar-refractivity contribution < 1.29 is 19.5 Å². The second-order valence-electron chi connectivity index (χ2n) is 7.31. The van der Waals surface area contributed by atoms with Gasteiger partial charge in [-0.3, -0.25) is 14.4 Å². The Labute approximate surface area is 178 Å². The fourth-order valence-electron chi connectivity index (χ4n) is 3.40. The van der Waals surface area contributed by atoms with Crippen LogP contribution in [0.2, 0.25) is 5.02 Å². The first-order valence-electron chi connectivity index (χ1n) is 9.56. The van der Waals surface area contributed by atoms with Gasteiger partial charge in [-0.15, -0.1) is 11.3 Å². The molecule has 2 aromatic rings. The molecule has 0 saturated heterocycles. The van der Waals surface area contributed by atoms with Crippen LogP contribution in [0, 0.1) is 5.92 Å². The maximum Gasteiger partial charge on any atom is 0.303 e. The number of fused-ring (bicyclic) bond motifs is 1. The molecule has 29 heavy (non-hydrogen) atoms. The van der Waals surface area contributed by atoms with E-state index in [9.17, 15) is 14.4 Å². The Morgan fingerprint density at radius 2 is 1.90 bits per heavy atom. The third-order valence-corrected chi connectivity index (χ3v) is 6.31. The maximum atomic E-state index is 13.1. The summed E-state index contributed by atoms with van der Waals surface area (Å²) in [7, 11) is 0. The van der Waals surface area contributed by atoms with Crippen LogP contribution in [0.15, 0.2) is 24.3 Å². The molecular weight excluding hydrogens is 412 g/mol. The quantitative estimate of drug-likeness (QED) is 0.573. The second kappa shape index (κ2) is 9.41. The van der Waals surface area contributed by atoms with E-state index in [1.165, 1.54) is 11.3 Å². The number of carbonyl (C=O) groups excluding carboxylic acids is 2. The fourth-order valence-corrected chi connectivity index (χ4v) is 4.95. The number of rotatable bonds is 7. The molecular formula is C21H23ClN2O4S. The average molecular weight is 435 g/mol. The van der Waals surface area contributed by atoms with E-state index in [4.69, 9.17) is 16.7 Å². The molecule has 154 valence electrons. The van der Waals surface area contributed by atoms with E-state index in [1.807, 2.05) is 0 Å². The Morgan fingerprint density at radius 3 is 2.59 bits per heavy atom. The van der Waals surface area contributed by atoms with Gasteiger partial charge in [0.15, 0.2) is 0 Å². The lowest BCUT2D eigenvalue weighted by molar-refractivity contribution is -0.137. The molecule has 0 fully saturated rings. The summed E-state index contributed by atoms with van der Waals surface area (Å²) in [6.07, 6.45) is 2.98. The van der Waals surface area contributed by atoms with Crippen molar-refractivity contribution in [2.75, 3.05) is 10.6 Å². The average Bonchev–Trinajstić information content (AvgIpc) is 3.00. The van der Waals surface area contributed by atoms with Gasteiger partial charge < -0.3 is 15.7 Å². The Kier molecular flexibility index (Phi) is 6.92. The first-order valence-corrected chi connectivity index (χ1v) is 10.8. The molecule has 0 bridgehead atoms. The predicted octanol–water partition coefficient (Wildman–Crippen LogP) is 4.97. The largest absolute Gasteiger partial charge is 0.481 e. The molecule has 8 heteroatoms. The minimum atomic E-state index is -0.929. The number of thiophene rings is 1. The standard InChI is InChI=1S/C21H23ClN2O4S/c1-12-5-10-15-16(11-12)29-21(24-17(25)3-2-4-18(26)27)19(15)20(28)23-14-8-6-13(22)7-9-14/h6-9,12H,2-5,10-11H2,1H3,(H,23,28)(H,24,25)(H,26,27)/t12-/m1/s1. The van der Waals surface area contributed by atoms with Crippen molar-refractivity contribution >= 4 is 51.4 Å².